The minimum Gasteiger partial charge on any atom is -0.497 e. The van der Waals surface area contributed by atoms with Crippen LogP contribution in [0.25, 0.3) is 0 Å². The van der Waals surface area contributed by atoms with Gasteiger partial charge in [-0.3, -0.25) is 9.59 Å². The number of amides is 2. The number of carbonyl (C=O) groups excluding carboxylic acids is 2. The average molecular weight is 442 g/mol. The van der Waals surface area contributed by atoms with Crippen molar-refractivity contribution in [3.05, 3.63) is 59.7 Å². The minimum atomic E-state index is -0.0411. The first-order chi connectivity index (χ1) is 15.6. The van der Waals surface area contributed by atoms with Crippen LogP contribution in [0.4, 0.5) is 0 Å². The van der Waals surface area contributed by atoms with E-state index in [1.165, 1.54) is 6.42 Å². The molecule has 1 fully saturated rings. The molecular formula is C25H35N3O4. The van der Waals surface area contributed by atoms with Crippen LogP contribution in [0, 0.1) is 0 Å². The Morgan fingerprint density at radius 3 is 2.38 bits per heavy atom. The number of methoxy groups -OCH3 is 1. The van der Waals surface area contributed by atoms with E-state index in [4.69, 9.17) is 9.47 Å². The van der Waals surface area contributed by atoms with Gasteiger partial charge in [-0.2, -0.15) is 0 Å². The second-order valence-electron chi connectivity index (χ2n) is 7.40. The molecule has 0 bridgehead atoms. The van der Waals surface area contributed by atoms with Gasteiger partial charge in [0.1, 0.15) is 11.5 Å². The minimum absolute atomic E-state index is 0.0411. The lowest BCUT2D eigenvalue weighted by atomic mass is 10.1. The van der Waals surface area contributed by atoms with Crippen LogP contribution in [-0.2, 0) is 11.3 Å². The summed E-state index contributed by atoms with van der Waals surface area (Å²) in [6.45, 7) is 5.33. The maximum Gasteiger partial charge on any atom is 0.251 e. The molecule has 2 aromatic carbocycles. The van der Waals surface area contributed by atoms with E-state index in [9.17, 15) is 9.59 Å². The molecule has 0 spiro atoms. The first-order valence-electron chi connectivity index (χ1n) is 11.1. The van der Waals surface area contributed by atoms with Crippen LogP contribution in [0.15, 0.2) is 48.5 Å². The maximum absolute atomic E-state index is 12.1. The highest BCUT2D eigenvalue weighted by Gasteiger charge is 2.16. The van der Waals surface area contributed by atoms with Crippen molar-refractivity contribution < 1.29 is 19.1 Å². The standard InChI is InChI=1S/C17H26N2O3.C8H9NO/c1-3-22-16-11-15(21-2)8-7-14(16)12-18-13-17(20)19-9-5-4-6-10-19;1-9-8(10)7-5-3-2-4-6-7/h7-8,11,18H,3-6,9-10,12-13H2,1-2H3;2-6H,1H3,(H,9,10). The molecule has 7 nitrogen and oxygen atoms in total. The summed E-state index contributed by atoms with van der Waals surface area (Å²) in [5.41, 5.74) is 1.74. The topological polar surface area (TPSA) is 79.9 Å². The lowest BCUT2D eigenvalue weighted by molar-refractivity contribution is -0.131. The summed E-state index contributed by atoms with van der Waals surface area (Å²) < 4.78 is 10.9. The van der Waals surface area contributed by atoms with Gasteiger partial charge >= 0.3 is 0 Å². The molecule has 0 aromatic heterocycles. The van der Waals surface area contributed by atoms with E-state index in [1.54, 1.807) is 26.3 Å². The third-order valence-corrected chi connectivity index (χ3v) is 5.14. The van der Waals surface area contributed by atoms with Crippen LogP contribution < -0.4 is 20.1 Å². The van der Waals surface area contributed by atoms with Gasteiger partial charge in [0.05, 0.1) is 20.3 Å². The summed E-state index contributed by atoms with van der Waals surface area (Å²) >= 11 is 0. The van der Waals surface area contributed by atoms with E-state index >= 15 is 0 Å². The Hall–Kier alpha value is -3.06. The molecule has 0 atom stereocenters. The molecule has 2 N–H and O–H groups in total. The summed E-state index contributed by atoms with van der Waals surface area (Å²) in [4.78, 5) is 25.0. The van der Waals surface area contributed by atoms with Crippen LogP contribution >= 0.6 is 0 Å². The number of nitrogens with one attached hydrogen (secondary N) is 2. The van der Waals surface area contributed by atoms with Crippen molar-refractivity contribution in [3.63, 3.8) is 0 Å². The molecule has 1 aliphatic heterocycles. The molecule has 1 heterocycles. The molecule has 32 heavy (non-hydrogen) atoms. The van der Waals surface area contributed by atoms with Gasteiger partial charge in [0, 0.05) is 43.9 Å². The Kier molecular flexibility index (Phi) is 11.1. The zero-order chi connectivity index (χ0) is 23.2. The van der Waals surface area contributed by atoms with Gasteiger partial charge < -0.3 is 25.0 Å². The Balaban J connectivity index is 0.000000303. The van der Waals surface area contributed by atoms with Gasteiger partial charge in [0.2, 0.25) is 5.91 Å². The van der Waals surface area contributed by atoms with Crippen molar-refractivity contribution in [3.8, 4) is 11.5 Å². The fourth-order valence-corrected chi connectivity index (χ4v) is 3.39. The molecule has 2 aromatic rings. The molecule has 1 aliphatic rings. The lowest BCUT2D eigenvalue weighted by Gasteiger charge is -2.26. The molecule has 3 rings (SSSR count). The number of ether oxygens (including phenoxy) is 2. The SMILES string of the molecule is CCOc1cc(OC)ccc1CNCC(=O)N1CCCCC1.CNC(=O)c1ccccc1. The highest BCUT2D eigenvalue weighted by molar-refractivity contribution is 5.93. The molecule has 2 amide bonds. The highest BCUT2D eigenvalue weighted by atomic mass is 16.5. The maximum atomic E-state index is 12.1. The zero-order valence-corrected chi connectivity index (χ0v) is 19.4. The summed E-state index contributed by atoms with van der Waals surface area (Å²) in [7, 11) is 3.26. The normalized spacial score (nSPS) is 12.9. The third kappa shape index (κ3) is 8.23. The van der Waals surface area contributed by atoms with Crippen molar-refractivity contribution in [1.29, 1.82) is 0 Å². The lowest BCUT2D eigenvalue weighted by Crippen LogP contribution is -2.41. The predicted molar refractivity (Wildman–Crippen MR) is 126 cm³/mol. The van der Waals surface area contributed by atoms with Crippen molar-refractivity contribution in [2.45, 2.75) is 32.7 Å². The van der Waals surface area contributed by atoms with Crippen molar-refractivity contribution >= 4 is 11.8 Å². The summed E-state index contributed by atoms with van der Waals surface area (Å²) in [6.07, 6.45) is 3.48. The van der Waals surface area contributed by atoms with Crippen LogP contribution in [0.3, 0.4) is 0 Å². The van der Waals surface area contributed by atoms with Crippen LogP contribution in [0.2, 0.25) is 0 Å². The van der Waals surface area contributed by atoms with Crippen LogP contribution in [0.1, 0.15) is 42.1 Å². The smallest absolute Gasteiger partial charge is 0.251 e. The molecular weight excluding hydrogens is 406 g/mol. The summed E-state index contributed by atoms with van der Waals surface area (Å²) in [5, 5.41) is 5.77. The van der Waals surface area contributed by atoms with Crippen molar-refractivity contribution in [2.24, 2.45) is 0 Å². The molecule has 1 saturated heterocycles. The largest absolute Gasteiger partial charge is 0.497 e. The molecule has 0 radical (unpaired) electrons. The zero-order valence-electron chi connectivity index (χ0n) is 19.4. The number of carbonyl (C=O) groups is 2. The highest BCUT2D eigenvalue weighted by Crippen LogP contribution is 2.24. The Morgan fingerprint density at radius 2 is 1.75 bits per heavy atom. The van der Waals surface area contributed by atoms with Gasteiger partial charge in [-0.05, 0) is 44.4 Å². The number of likely N-dealkylation sites (tertiary alicyclic amines) is 1. The fourth-order valence-electron chi connectivity index (χ4n) is 3.39. The quantitative estimate of drug-likeness (QED) is 0.657. The number of benzene rings is 2. The Bertz CT molecular complexity index is 836. The molecule has 174 valence electrons. The molecule has 0 aliphatic carbocycles. The van der Waals surface area contributed by atoms with E-state index in [2.05, 4.69) is 10.6 Å². The van der Waals surface area contributed by atoms with Crippen LogP contribution in [-0.4, -0.2) is 57.1 Å². The number of hydrogen-bond acceptors (Lipinski definition) is 5. The monoisotopic (exact) mass is 441 g/mol. The van der Waals surface area contributed by atoms with Gasteiger partial charge in [-0.1, -0.05) is 24.3 Å². The molecule has 0 unspecified atom stereocenters. The van der Waals surface area contributed by atoms with Crippen molar-refractivity contribution in [1.82, 2.24) is 15.5 Å². The van der Waals surface area contributed by atoms with Gasteiger partial charge in [0.15, 0.2) is 0 Å². The number of hydrogen-bond donors (Lipinski definition) is 2. The van der Waals surface area contributed by atoms with Crippen molar-refractivity contribution in [2.75, 3.05) is 40.4 Å². The van der Waals surface area contributed by atoms with Crippen LogP contribution in [0.5, 0.6) is 11.5 Å². The summed E-state index contributed by atoms with van der Waals surface area (Å²) in [5.74, 6) is 1.73. The average Bonchev–Trinajstić information content (AvgIpc) is 2.86. The number of piperidine rings is 1. The number of nitrogens with zero attached hydrogens (tertiary/aromatic N) is 1. The predicted octanol–water partition coefficient (Wildman–Crippen LogP) is 3.24. The van der Waals surface area contributed by atoms with E-state index in [0.29, 0.717) is 25.3 Å². The molecule has 0 saturated carbocycles. The van der Waals surface area contributed by atoms with Gasteiger partial charge in [-0.25, -0.2) is 0 Å². The van der Waals surface area contributed by atoms with E-state index in [0.717, 1.165) is 43.0 Å². The summed E-state index contributed by atoms with van der Waals surface area (Å²) in [6, 6.07) is 14.9. The number of rotatable bonds is 8. The van der Waals surface area contributed by atoms with Gasteiger partial charge in [0.25, 0.3) is 5.91 Å². The third-order valence-electron chi connectivity index (χ3n) is 5.14. The molecule has 7 heteroatoms. The van der Waals surface area contributed by atoms with E-state index in [-0.39, 0.29) is 11.8 Å². The second-order valence-corrected chi connectivity index (χ2v) is 7.40. The first kappa shape index (κ1) is 25.2. The second kappa shape index (κ2) is 14.1. The van der Waals surface area contributed by atoms with E-state index in [1.807, 2.05) is 48.2 Å². The fraction of sp³-hybridized carbons (Fsp3) is 0.440. The first-order valence-corrected chi connectivity index (χ1v) is 11.1. The van der Waals surface area contributed by atoms with Gasteiger partial charge in [-0.15, -0.1) is 0 Å². The Labute approximate surface area is 191 Å². The van der Waals surface area contributed by atoms with E-state index < -0.39 is 0 Å². The Morgan fingerprint density at radius 1 is 1.03 bits per heavy atom.